The molecular formula is C13H10N6O. The molecule has 20 heavy (non-hydrogen) atoms. The Morgan fingerprint density at radius 2 is 2.10 bits per heavy atom. The first-order chi connectivity index (χ1) is 9.83. The van der Waals surface area contributed by atoms with E-state index in [0.717, 1.165) is 0 Å². The van der Waals surface area contributed by atoms with Crippen LogP contribution in [0, 0.1) is 0 Å². The molecule has 0 bridgehead atoms. The molecule has 0 saturated carbocycles. The average molecular weight is 266 g/mol. The third kappa shape index (κ3) is 2.51. The molecule has 0 aromatic carbocycles. The van der Waals surface area contributed by atoms with Crippen molar-refractivity contribution in [1.82, 2.24) is 24.5 Å². The number of carbonyl (C=O) groups is 1. The number of nitrogens with one attached hydrogen (secondary N) is 1. The van der Waals surface area contributed by atoms with Crippen LogP contribution in [0.25, 0.3) is 5.82 Å². The van der Waals surface area contributed by atoms with E-state index < -0.39 is 0 Å². The molecule has 0 radical (unpaired) electrons. The molecule has 0 aliphatic rings. The smallest absolute Gasteiger partial charge is 0.275 e. The van der Waals surface area contributed by atoms with E-state index in [4.69, 9.17) is 0 Å². The van der Waals surface area contributed by atoms with Gasteiger partial charge >= 0.3 is 0 Å². The summed E-state index contributed by atoms with van der Waals surface area (Å²) >= 11 is 0. The molecule has 3 aromatic heterocycles. The van der Waals surface area contributed by atoms with Gasteiger partial charge in [0.15, 0.2) is 0 Å². The van der Waals surface area contributed by atoms with E-state index in [1.807, 2.05) is 0 Å². The highest BCUT2D eigenvalue weighted by molar-refractivity contribution is 6.02. The second-order valence-electron chi connectivity index (χ2n) is 3.90. The lowest BCUT2D eigenvalue weighted by atomic mass is 10.3. The number of anilines is 1. The Labute approximate surface area is 114 Å². The van der Waals surface area contributed by atoms with Gasteiger partial charge in [0.1, 0.15) is 30.0 Å². The molecule has 3 aromatic rings. The molecule has 3 heterocycles. The van der Waals surface area contributed by atoms with Gasteiger partial charge < -0.3 is 5.32 Å². The predicted octanol–water partition coefficient (Wildman–Crippen LogP) is 1.31. The maximum absolute atomic E-state index is 12.0. The monoisotopic (exact) mass is 266 g/mol. The van der Waals surface area contributed by atoms with E-state index in [1.54, 1.807) is 53.8 Å². The number of nitrogens with zero attached hydrogens (tertiary/aromatic N) is 5. The summed E-state index contributed by atoms with van der Waals surface area (Å²) < 4.78 is 1.72. The highest BCUT2D eigenvalue weighted by Crippen LogP contribution is 2.09. The number of rotatable bonds is 3. The molecule has 1 amide bonds. The Balaban J connectivity index is 1.82. The number of carbonyl (C=O) groups excluding carboxylic acids is 1. The Morgan fingerprint density at radius 1 is 1.15 bits per heavy atom. The number of imidazole rings is 1. The normalized spacial score (nSPS) is 10.2. The third-order valence-corrected chi connectivity index (χ3v) is 2.56. The van der Waals surface area contributed by atoms with Gasteiger partial charge in [0, 0.05) is 24.7 Å². The molecule has 0 atom stereocenters. The van der Waals surface area contributed by atoms with Gasteiger partial charge in [-0.15, -0.1) is 0 Å². The van der Waals surface area contributed by atoms with Crippen molar-refractivity contribution in [3.63, 3.8) is 0 Å². The fourth-order valence-electron chi connectivity index (χ4n) is 1.63. The van der Waals surface area contributed by atoms with Crippen molar-refractivity contribution in [1.29, 1.82) is 0 Å². The van der Waals surface area contributed by atoms with Crippen LogP contribution in [0.3, 0.4) is 0 Å². The van der Waals surface area contributed by atoms with Gasteiger partial charge in [-0.2, -0.15) is 0 Å². The number of hydrogen-bond acceptors (Lipinski definition) is 5. The van der Waals surface area contributed by atoms with Crippen LogP contribution in [0.15, 0.2) is 55.5 Å². The molecule has 1 N–H and O–H groups in total. The van der Waals surface area contributed by atoms with Crippen molar-refractivity contribution < 1.29 is 4.79 Å². The first-order valence-corrected chi connectivity index (χ1v) is 5.86. The zero-order chi connectivity index (χ0) is 13.8. The highest BCUT2D eigenvalue weighted by atomic mass is 16.1. The lowest BCUT2D eigenvalue weighted by Crippen LogP contribution is -2.14. The minimum Gasteiger partial charge on any atom is -0.305 e. The highest BCUT2D eigenvalue weighted by Gasteiger charge is 2.08. The van der Waals surface area contributed by atoms with Crippen molar-refractivity contribution >= 4 is 11.7 Å². The van der Waals surface area contributed by atoms with E-state index in [1.165, 1.54) is 6.33 Å². The van der Waals surface area contributed by atoms with Crippen molar-refractivity contribution in [3.8, 4) is 5.82 Å². The topological polar surface area (TPSA) is 85.6 Å². The summed E-state index contributed by atoms with van der Waals surface area (Å²) in [5.74, 6) is 0.703. The summed E-state index contributed by atoms with van der Waals surface area (Å²) in [7, 11) is 0. The standard InChI is InChI=1S/C13H10N6O/c20-13(10-3-1-2-4-15-10)18-11-7-12(17-8-16-11)19-6-5-14-9-19/h1-9H,(H,16,17,18,20). The summed E-state index contributed by atoms with van der Waals surface area (Å²) in [5.41, 5.74) is 0.329. The summed E-state index contributed by atoms with van der Waals surface area (Å²) in [5, 5.41) is 2.67. The van der Waals surface area contributed by atoms with Crippen molar-refractivity contribution in [3.05, 3.63) is 61.2 Å². The number of aromatic nitrogens is 5. The van der Waals surface area contributed by atoms with E-state index in [2.05, 4.69) is 25.3 Å². The largest absolute Gasteiger partial charge is 0.305 e. The molecule has 0 saturated heterocycles. The van der Waals surface area contributed by atoms with Crippen molar-refractivity contribution in [2.75, 3.05) is 5.32 Å². The summed E-state index contributed by atoms with van der Waals surface area (Å²) in [6.45, 7) is 0. The SMILES string of the molecule is O=C(Nc1cc(-n2ccnc2)ncn1)c1ccccn1. The second kappa shape index (κ2) is 5.27. The second-order valence-corrected chi connectivity index (χ2v) is 3.90. The minimum absolute atomic E-state index is 0.319. The van der Waals surface area contributed by atoms with Crippen molar-refractivity contribution in [2.45, 2.75) is 0 Å². The lowest BCUT2D eigenvalue weighted by Gasteiger charge is -2.05. The van der Waals surface area contributed by atoms with E-state index in [-0.39, 0.29) is 5.91 Å². The molecule has 0 unspecified atom stereocenters. The van der Waals surface area contributed by atoms with Gasteiger partial charge in [-0.1, -0.05) is 6.07 Å². The fraction of sp³-hybridized carbons (Fsp3) is 0. The lowest BCUT2D eigenvalue weighted by molar-refractivity contribution is 0.102. The number of pyridine rings is 1. The third-order valence-electron chi connectivity index (χ3n) is 2.56. The van der Waals surface area contributed by atoms with Crippen molar-refractivity contribution in [2.24, 2.45) is 0 Å². The molecule has 0 aliphatic carbocycles. The van der Waals surface area contributed by atoms with Gasteiger partial charge in [-0.05, 0) is 12.1 Å². The van der Waals surface area contributed by atoms with E-state index in [9.17, 15) is 4.79 Å². The molecule has 3 rings (SSSR count). The van der Waals surface area contributed by atoms with Gasteiger partial charge in [0.25, 0.3) is 5.91 Å². The van der Waals surface area contributed by atoms with Crippen LogP contribution in [-0.4, -0.2) is 30.4 Å². The quantitative estimate of drug-likeness (QED) is 0.772. The summed E-state index contributed by atoms with van der Waals surface area (Å²) in [6, 6.07) is 6.78. The Bertz CT molecular complexity index is 711. The van der Waals surface area contributed by atoms with Gasteiger partial charge in [-0.3, -0.25) is 14.3 Å². The maximum Gasteiger partial charge on any atom is 0.275 e. The summed E-state index contributed by atoms with van der Waals surface area (Å²) in [4.78, 5) is 28.0. The van der Waals surface area contributed by atoms with Crippen LogP contribution in [0.2, 0.25) is 0 Å². The molecule has 98 valence electrons. The minimum atomic E-state index is -0.319. The van der Waals surface area contributed by atoms with Crippen LogP contribution >= 0.6 is 0 Å². The molecular weight excluding hydrogens is 256 g/mol. The van der Waals surface area contributed by atoms with Crippen LogP contribution in [-0.2, 0) is 0 Å². The van der Waals surface area contributed by atoms with Gasteiger partial charge in [0.2, 0.25) is 0 Å². The first-order valence-electron chi connectivity index (χ1n) is 5.86. The van der Waals surface area contributed by atoms with Crippen LogP contribution < -0.4 is 5.32 Å². The number of amides is 1. The molecule has 0 spiro atoms. The molecule has 7 nitrogen and oxygen atoms in total. The van der Waals surface area contributed by atoms with E-state index in [0.29, 0.717) is 17.3 Å². The van der Waals surface area contributed by atoms with Crippen LogP contribution in [0.5, 0.6) is 0 Å². The summed E-state index contributed by atoms with van der Waals surface area (Å²) in [6.07, 6.45) is 7.96. The maximum atomic E-state index is 12.0. The molecule has 0 fully saturated rings. The van der Waals surface area contributed by atoms with Crippen LogP contribution in [0.4, 0.5) is 5.82 Å². The zero-order valence-corrected chi connectivity index (χ0v) is 10.3. The van der Waals surface area contributed by atoms with Gasteiger partial charge in [0.05, 0.1) is 0 Å². The van der Waals surface area contributed by atoms with Gasteiger partial charge in [-0.25, -0.2) is 15.0 Å². The predicted molar refractivity (Wildman–Crippen MR) is 71.3 cm³/mol. The number of hydrogen-bond donors (Lipinski definition) is 1. The Morgan fingerprint density at radius 3 is 2.85 bits per heavy atom. The Hall–Kier alpha value is -3.09. The van der Waals surface area contributed by atoms with E-state index >= 15 is 0 Å². The Kier molecular flexibility index (Phi) is 3.15. The van der Waals surface area contributed by atoms with Crippen LogP contribution in [0.1, 0.15) is 10.5 Å². The molecule has 0 aliphatic heterocycles. The average Bonchev–Trinajstić information content (AvgIpc) is 3.03. The first kappa shape index (κ1) is 12.0. The zero-order valence-electron chi connectivity index (χ0n) is 10.3. The fourth-order valence-corrected chi connectivity index (χ4v) is 1.63. The molecule has 7 heteroatoms.